The monoisotopic (exact) mass is 394 g/mol. The summed E-state index contributed by atoms with van der Waals surface area (Å²) < 4.78 is 27.6. The second-order valence-electron chi connectivity index (χ2n) is 3.97. The lowest BCUT2D eigenvalue weighted by Gasteiger charge is -2.07. The van der Waals surface area contributed by atoms with Crippen LogP contribution in [0.2, 0.25) is 5.02 Å². The van der Waals surface area contributed by atoms with E-state index in [1.54, 1.807) is 24.3 Å². The molecule has 0 saturated heterocycles. The quantitative estimate of drug-likeness (QED) is 0.817. The van der Waals surface area contributed by atoms with Crippen molar-refractivity contribution in [2.24, 2.45) is 5.73 Å². The second kappa shape index (κ2) is 6.55. The molecule has 0 amide bonds. The minimum absolute atomic E-state index is 0.141. The van der Waals surface area contributed by atoms with Crippen LogP contribution < -0.4 is 10.5 Å². The first kappa shape index (κ1) is 15.9. The molecule has 0 fully saturated rings. The van der Waals surface area contributed by atoms with Gasteiger partial charge < -0.3 is 5.73 Å². The van der Waals surface area contributed by atoms with Gasteiger partial charge in [-0.3, -0.25) is 0 Å². The van der Waals surface area contributed by atoms with Crippen molar-refractivity contribution in [3.05, 3.63) is 49.6 Å². The Hall–Kier alpha value is -0.440. The molecular weight excluding hydrogens is 384 g/mol. The molecule has 0 unspecified atom stereocenters. The standard InChI is InChI=1S/C12H12BrClN2O2S2/c13-12-11(5-9(6-15)19-12)20(17,18)16-7-8-3-1-2-4-10(8)14/h1-5,16H,6-7,15H2. The number of sulfonamides is 1. The molecule has 108 valence electrons. The Morgan fingerprint density at radius 1 is 1.35 bits per heavy atom. The molecule has 0 spiro atoms. The highest BCUT2D eigenvalue weighted by Gasteiger charge is 2.20. The summed E-state index contributed by atoms with van der Waals surface area (Å²) in [4.78, 5) is 1.00. The van der Waals surface area contributed by atoms with Crippen molar-refractivity contribution in [2.45, 2.75) is 18.0 Å². The molecule has 0 aliphatic heterocycles. The summed E-state index contributed by atoms with van der Waals surface area (Å²) in [6.07, 6.45) is 0. The number of rotatable bonds is 5. The Morgan fingerprint density at radius 3 is 2.65 bits per heavy atom. The SMILES string of the molecule is NCc1cc(S(=O)(=O)NCc2ccccc2Cl)c(Br)s1. The molecule has 8 heteroatoms. The Balaban J connectivity index is 2.19. The molecule has 0 atom stereocenters. The Bertz CT molecular complexity index is 716. The van der Waals surface area contributed by atoms with Gasteiger partial charge >= 0.3 is 0 Å². The fourth-order valence-corrected chi connectivity index (χ4v) is 5.34. The predicted molar refractivity (Wildman–Crippen MR) is 85.4 cm³/mol. The third kappa shape index (κ3) is 3.60. The van der Waals surface area contributed by atoms with E-state index >= 15 is 0 Å². The van der Waals surface area contributed by atoms with Gasteiger partial charge in [-0.25, -0.2) is 13.1 Å². The van der Waals surface area contributed by atoms with Crippen LogP contribution in [0.15, 0.2) is 39.0 Å². The van der Waals surface area contributed by atoms with Crippen molar-refractivity contribution < 1.29 is 8.42 Å². The second-order valence-corrected chi connectivity index (χ2v) is 8.57. The van der Waals surface area contributed by atoms with E-state index in [0.29, 0.717) is 15.4 Å². The zero-order chi connectivity index (χ0) is 14.8. The van der Waals surface area contributed by atoms with E-state index in [1.807, 2.05) is 6.07 Å². The molecule has 3 N–H and O–H groups in total. The molecule has 1 aromatic heterocycles. The van der Waals surface area contributed by atoms with Gasteiger partial charge in [0, 0.05) is 23.0 Å². The summed E-state index contributed by atoms with van der Waals surface area (Å²) >= 11 is 10.6. The first-order valence-electron chi connectivity index (χ1n) is 5.65. The van der Waals surface area contributed by atoms with Crippen LogP contribution in [-0.2, 0) is 23.1 Å². The van der Waals surface area contributed by atoms with E-state index in [1.165, 1.54) is 11.3 Å². The molecule has 20 heavy (non-hydrogen) atoms. The summed E-state index contributed by atoms with van der Waals surface area (Å²) in [6, 6.07) is 8.67. The molecule has 0 aliphatic carbocycles. The van der Waals surface area contributed by atoms with Crippen molar-refractivity contribution in [3.8, 4) is 0 Å². The van der Waals surface area contributed by atoms with Gasteiger partial charge in [-0.2, -0.15) is 0 Å². The van der Waals surface area contributed by atoms with Crippen LogP contribution in [-0.4, -0.2) is 8.42 Å². The highest BCUT2D eigenvalue weighted by Crippen LogP contribution is 2.31. The van der Waals surface area contributed by atoms with Crippen molar-refractivity contribution in [1.29, 1.82) is 0 Å². The van der Waals surface area contributed by atoms with E-state index in [-0.39, 0.29) is 11.4 Å². The predicted octanol–water partition coefficient (Wildman–Crippen LogP) is 3.10. The minimum Gasteiger partial charge on any atom is -0.326 e. The van der Waals surface area contributed by atoms with Crippen molar-refractivity contribution >= 4 is 48.9 Å². The summed E-state index contributed by atoms with van der Waals surface area (Å²) in [5.41, 5.74) is 6.24. The highest BCUT2D eigenvalue weighted by atomic mass is 79.9. The number of hydrogen-bond donors (Lipinski definition) is 2. The molecule has 0 aliphatic rings. The Labute approximate surface area is 135 Å². The topological polar surface area (TPSA) is 72.2 Å². The molecule has 2 aromatic rings. The zero-order valence-electron chi connectivity index (χ0n) is 10.3. The lowest BCUT2D eigenvalue weighted by atomic mass is 10.2. The molecule has 0 radical (unpaired) electrons. The molecule has 2 rings (SSSR count). The first-order valence-corrected chi connectivity index (χ1v) is 9.12. The van der Waals surface area contributed by atoms with E-state index in [0.717, 1.165) is 10.4 Å². The van der Waals surface area contributed by atoms with E-state index in [4.69, 9.17) is 17.3 Å². The fourth-order valence-electron chi connectivity index (χ4n) is 1.57. The number of benzene rings is 1. The van der Waals surface area contributed by atoms with Gasteiger partial charge in [0.05, 0.1) is 3.79 Å². The fraction of sp³-hybridized carbons (Fsp3) is 0.167. The number of hydrogen-bond acceptors (Lipinski definition) is 4. The molecular formula is C12H12BrClN2O2S2. The van der Waals surface area contributed by atoms with Crippen molar-refractivity contribution in [3.63, 3.8) is 0 Å². The first-order chi connectivity index (χ1) is 9.44. The van der Waals surface area contributed by atoms with Crippen LogP contribution >= 0.6 is 38.9 Å². The molecule has 0 bridgehead atoms. The molecule has 4 nitrogen and oxygen atoms in total. The van der Waals surface area contributed by atoms with E-state index < -0.39 is 10.0 Å². The van der Waals surface area contributed by atoms with Gasteiger partial charge in [-0.1, -0.05) is 29.8 Å². The largest absolute Gasteiger partial charge is 0.326 e. The molecule has 1 heterocycles. The average molecular weight is 396 g/mol. The van der Waals surface area contributed by atoms with Crippen LogP contribution in [0.3, 0.4) is 0 Å². The van der Waals surface area contributed by atoms with Gasteiger partial charge in [-0.15, -0.1) is 11.3 Å². The summed E-state index contributed by atoms with van der Waals surface area (Å²) in [7, 11) is -3.60. The maximum Gasteiger partial charge on any atom is 0.242 e. The maximum absolute atomic E-state index is 12.2. The van der Waals surface area contributed by atoms with E-state index in [2.05, 4.69) is 20.7 Å². The van der Waals surface area contributed by atoms with Gasteiger partial charge in [0.15, 0.2) is 0 Å². The van der Waals surface area contributed by atoms with Crippen molar-refractivity contribution in [1.82, 2.24) is 4.72 Å². The number of nitrogens with one attached hydrogen (secondary N) is 1. The highest BCUT2D eigenvalue weighted by molar-refractivity contribution is 9.11. The van der Waals surface area contributed by atoms with Gasteiger partial charge in [0.2, 0.25) is 10.0 Å². The Morgan fingerprint density at radius 2 is 2.05 bits per heavy atom. The van der Waals surface area contributed by atoms with Crippen LogP contribution in [0.4, 0.5) is 0 Å². The van der Waals surface area contributed by atoms with Crippen LogP contribution in [0.5, 0.6) is 0 Å². The lowest BCUT2D eigenvalue weighted by molar-refractivity contribution is 0.581. The normalized spacial score (nSPS) is 11.8. The summed E-state index contributed by atoms with van der Waals surface area (Å²) in [5.74, 6) is 0. The van der Waals surface area contributed by atoms with Gasteiger partial charge in [0.25, 0.3) is 0 Å². The summed E-state index contributed by atoms with van der Waals surface area (Å²) in [5, 5.41) is 0.530. The molecule has 1 aromatic carbocycles. The third-order valence-corrected chi connectivity index (χ3v) is 6.65. The van der Waals surface area contributed by atoms with Gasteiger partial charge in [-0.05, 0) is 33.6 Å². The van der Waals surface area contributed by atoms with Crippen molar-refractivity contribution in [2.75, 3.05) is 0 Å². The zero-order valence-corrected chi connectivity index (χ0v) is 14.2. The number of nitrogens with two attached hydrogens (primary N) is 1. The Kier molecular flexibility index (Phi) is 5.22. The molecule has 0 saturated carbocycles. The van der Waals surface area contributed by atoms with Crippen LogP contribution in [0.1, 0.15) is 10.4 Å². The average Bonchev–Trinajstić information content (AvgIpc) is 2.80. The van der Waals surface area contributed by atoms with Gasteiger partial charge in [0.1, 0.15) is 4.90 Å². The van der Waals surface area contributed by atoms with E-state index in [9.17, 15) is 8.42 Å². The maximum atomic E-state index is 12.2. The smallest absolute Gasteiger partial charge is 0.242 e. The number of halogens is 2. The minimum atomic E-state index is -3.60. The van der Waals surface area contributed by atoms with Crippen LogP contribution in [0, 0.1) is 0 Å². The van der Waals surface area contributed by atoms with Crippen LogP contribution in [0.25, 0.3) is 0 Å². The summed E-state index contributed by atoms with van der Waals surface area (Å²) in [6.45, 7) is 0.450. The number of thiophene rings is 1. The third-order valence-electron chi connectivity index (χ3n) is 2.61. The lowest BCUT2D eigenvalue weighted by Crippen LogP contribution is -2.23.